The summed E-state index contributed by atoms with van der Waals surface area (Å²) in [5.74, 6) is 0.699. The van der Waals surface area contributed by atoms with Crippen LogP contribution in [0.5, 0.6) is 0 Å². The fourth-order valence-electron chi connectivity index (χ4n) is 3.44. The number of amides is 1. The lowest BCUT2D eigenvalue weighted by molar-refractivity contribution is 0.0872. The molecule has 8 heteroatoms. The first kappa shape index (κ1) is 16.5. The van der Waals surface area contributed by atoms with E-state index in [1.54, 1.807) is 47.8 Å². The minimum atomic E-state index is -0.547. The van der Waals surface area contributed by atoms with Crippen LogP contribution in [0.2, 0.25) is 0 Å². The van der Waals surface area contributed by atoms with Crippen molar-refractivity contribution in [1.82, 2.24) is 29.6 Å². The van der Waals surface area contributed by atoms with Crippen LogP contribution in [0.15, 0.2) is 55.5 Å². The molecule has 2 N–H and O–H groups in total. The minimum absolute atomic E-state index is 0.211. The molecule has 3 heterocycles. The van der Waals surface area contributed by atoms with Gasteiger partial charge in [-0.15, -0.1) is 0 Å². The number of carbonyl (C=O) groups excluding carboxylic acids is 1. The summed E-state index contributed by atoms with van der Waals surface area (Å²) in [6.07, 6.45) is 11.1. The average Bonchev–Trinajstić information content (AvgIpc) is 3.39. The predicted octanol–water partition coefficient (Wildman–Crippen LogP) is 1.03. The lowest BCUT2D eigenvalue weighted by Gasteiger charge is -2.16. The highest BCUT2D eigenvalue weighted by atomic mass is 16.3. The van der Waals surface area contributed by atoms with Crippen molar-refractivity contribution in [2.24, 2.45) is 5.92 Å². The van der Waals surface area contributed by atoms with Gasteiger partial charge in [0.05, 0.1) is 12.1 Å². The number of aliphatic hydroxyl groups excluding tert-OH is 1. The number of hydrogen-bond acceptors (Lipinski definition) is 5. The van der Waals surface area contributed by atoms with Gasteiger partial charge in [-0.05, 0) is 37.0 Å². The Labute approximate surface area is 150 Å². The first-order valence-corrected chi connectivity index (χ1v) is 8.60. The Morgan fingerprint density at radius 1 is 1.27 bits per heavy atom. The number of rotatable bonds is 5. The number of nitrogens with one attached hydrogen (secondary N) is 1. The summed E-state index contributed by atoms with van der Waals surface area (Å²) in [4.78, 5) is 20.8. The van der Waals surface area contributed by atoms with E-state index in [-0.39, 0.29) is 17.9 Å². The quantitative estimate of drug-likeness (QED) is 0.715. The Hall–Kier alpha value is -3.00. The lowest BCUT2D eigenvalue weighted by Crippen LogP contribution is -2.40. The first-order valence-electron chi connectivity index (χ1n) is 8.60. The van der Waals surface area contributed by atoms with Gasteiger partial charge < -0.3 is 10.4 Å². The molecule has 4 rings (SSSR count). The first-order chi connectivity index (χ1) is 12.7. The summed E-state index contributed by atoms with van der Waals surface area (Å²) >= 11 is 0. The third-order valence-corrected chi connectivity index (χ3v) is 4.72. The van der Waals surface area contributed by atoms with Crippen molar-refractivity contribution in [3.63, 3.8) is 0 Å². The van der Waals surface area contributed by atoms with E-state index in [1.165, 1.54) is 0 Å². The number of aliphatic hydroxyl groups is 1. The number of pyridine rings is 1. The molecule has 3 aromatic heterocycles. The van der Waals surface area contributed by atoms with E-state index in [0.717, 1.165) is 13.0 Å². The van der Waals surface area contributed by atoms with Crippen LogP contribution in [0, 0.1) is 5.92 Å². The van der Waals surface area contributed by atoms with Crippen LogP contribution in [-0.2, 0) is 6.54 Å². The summed E-state index contributed by atoms with van der Waals surface area (Å²) in [5.41, 5.74) is 0.506. The SMILES string of the molecule is O=C(N[C@@H]1CC(Cn2cccn2)C[C@H]1O)c1ccnc(-n2ccnc2)c1. The summed E-state index contributed by atoms with van der Waals surface area (Å²) in [7, 11) is 0. The van der Waals surface area contributed by atoms with Gasteiger partial charge >= 0.3 is 0 Å². The van der Waals surface area contributed by atoms with Gasteiger partial charge in [0.25, 0.3) is 5.91 Å². The second-order valence-electron chi connectivity index (χ2n) is 6.59. The summed E-state index contributed by atoms with van der Waals surface area (Å²) in [6.45, 7) is 0.746. The van der Waals surface area contributed by atoms with Crippen LogP contribution in [0.4, 0.5) is 0 Å². The van der Waals surface area contributed by atoms with Gasteiger partial charge in [-0.25, -0.2) is 9.97 Å². The molecule has 0 saturated heterocycles. The molecule has 1 aliphatic carbocycles. The van der Waals surface area contributed by atoms with Crippen LogP contribution in [-0.4, -0.2) is 47.5 Å². The maximum absolute atomic E-state index is 12.6. The van der Waals surface area contributed by atoms with E-state index in [2.05, 4.69) is 20.4 Å². The number of nitrogens with zero attached hydrogens (tertiary/aromatic N) is 5. The van der Waals surface area contributed by atoms with Crippen molar-refractivity contribution in [1.29, 1.82) is 0 Å². The molecule has 26 heavy (non-hydrogen) atoms. The molecular weight excluding hydrogens is 332 g/mol. The molecule has 0 aromatic carbocycles. The van der Waals surface area contributed by atoms with Crippen molar-refractivity contribution < 1.29 is 9.90 Å². The summed E-state index contributed by atoms with van der Waals surface area (Å²) in [6, 6.07) is 5.00. The topological polar surface area (TPSA) is 97.9 Å². The molecule has 1 amide bonds. The van der Waals surface area contributed by atoms with Crippen LogP contribution in [0.1, 0.15) is 23.2 Å². The molecule has 0 bridgehead atoms. The fraction of sp³-hybridized carbons (Fsp3) is 0.333. The van der Waals surface area contributed by atoms with Crippen LogP contribution in [0.3, 0.4) is 0 Å². The Morgan fingerprint density at radius 2 is 2.19 bits per heavy atom. The normalized spacial score (nSPS) is 22.4. The molecule has 0 radical (unpaired) electrons. The summed E-state index contributed by atoms with van der Waals surface area (Å²) in [5, 5.41) is 17.5. The highest BCUT2D eigenvalue weighted by Crippen LogP contribution is 2.27. The van der Waals surface area contributed by atoms with Crippen molar-refractivity contribution >= 4 is 5.91 Å². The van der Waals surface area contributed by atoms with E-state index in [4.69, 9.17) is 0 Å². The Balaban J connectivity index is 1.41. The molecule has 3 atom stereocenters. The highest BCUT2D eigenvalue weighted by molar-refractivity contribution is 5.94. The highest BCUT2D eigenvalue weighted by Gasteiger charge is 2.34. The van der Waals surface area contributed by atoms with Gasteiger partial charge in [-0.1, -0.05) is 0 Å². The Bertz CT molecular complexity index is 862. The zero-order valence-electron chi connectivity index (χ0n) is 14.1. The van der Waals surface area contributed by atoms with Gasteiger partial charge in [0.1, 0.15) is 12.1 Å². The smallest absolute Gasteiger partial charge is 0.251 e. The molecule has 1 unspecified atom stereocenters. The second-order valence-corrected chi connectivity index (χ2v) is 6.59. The van der Waals surface area contributed by atoms with Crippen molar-refractivity contribution in [2.45, 2.75) is 31.5 Å². The molecule has 1 saturated carbocycles. The number of hydrogen-bond donors (Lipinski definition) is 2. The average molecular weight is 352 g/mol. The zero-order valence-corrected chi connectivity index (χ0v) is 14.1. The third-order valence-electron chi connectivity index (χ3n) is 4.72. The molecular formula is C18H20N6O2. The van der Waals surface area contributed by atoms with E-state index >= 15 is 0 Å². The van der Waals surface area contributed by atoms with Gasteiger partial charge in [-0.2, -0.15) is 5.10 Å². The maximum atomic E-state index is 12.6. The fourth-order valence-corrected chi connectivity index (χ4v) is 3.44. The standard InChI is InChI=1S/C18H20N6O2/c25-16-9-13(11-24-6-1-3-21-24)8-15(16)22-18(26)14-2-4-20-17(10-14)23-7-5-19-12-23/h1-7,10,12-13,15-16,25H,8-9,11H2,(H,22,26)/t13?,15-,16-/m1/s1. The van der Waals surface area contributed by atoms with Gasteiger partial charge in [-0.3, -0.25) is 14.0 Å². The maximum Gasteiger partial charge on any atom is 0.251 e. The number of aromatic nitrogens is 5. The molecule has 3 aromatic rings. The zero-order chi connectivity index (χ0) is 17.9. The van der Waals surface area contributed by atoms with E-state index in [0.29, 0.717) is 17.8 Å². The molecule has 1 aliphatic rings. The van der Waals surface area contributed by atoms with E-state index in [1.807, 2.05) is 16.9 Å². The molecule has 134 valence electrons. The Morgan fingerprint density at radius 3 is 2.96 bits per heavy atom. The van der Waals surface area contributed by atoms with Crippen LogP contribution in [0.25, 0.3) is 5.82 Å². The monoisotopic (exact) mass is 352 g/mol. The lowest BCUT2D eigenvalue weighted by atomic mass is 10.1. The van der Waals surface area contributed by atoms with Crippen molar-refractivity contribution in [2.75, 3.05) is 0 Å². The summed E-state index contributed by atoms with van der Waals surface area (Å²) < 4.78 is 3.60. The minimum Gasteiger partial charge on any atom is -0.391 e. The van der Waals surface area contributed by atoms with Gasteiger partial charge in [0.15, 0.2) is 0 Å². The molecule has 0 spiro atoms. The van der Waals surface area contributed by atoms with E-state index in [9.17, 15) is 9.90 Å². The molecule has 0 aliphatic heterocycles. The predicted molar refractivity (Wildman–Crippen MR) is 93.6 cm³/mol. The van der Waals surface area contributed by atoms with Gasteiger partial charge in [0, 0.05) is 43.1 Å². The van der Waals surface area contributed by atoms with Gasteiger partial charge in [0.2, 0.25) is 0 Å². The Kier molecular flexibility index (Phi) is 4.49. The van der Waals surface area contributed by atoms with Crippen LogP contribution < -0.4 is 5.32 Å². The number of imidazole rings is 1. The number of carbonyl (C=O) groups is 1. The largest absolute Gasteiger partial charge is 0.391 e. The second kappa shape index (κ2) is 7.09. The third kappa shape index (κ3) is 3.50. The van der Waals surface area contributed by atoms with Crippen molar-refractivity contribution in [3.8, 4) is 5.82 Å². The van der Waals surface area contributed by atoms with E-state index < -0.39 is 6.10 Å². The van der Waals surface area contributed by atoms with Crippen LogP contribution >= 0.6 is 0 Å². The molecule has 8 nitrogen and oxygen atoms in total. The molecule has 1 fully saturated rings. The van der Waals surface area contributed by atoms with Crippen molar-refractivity contribution in [3.05, 3.63) is 61.1 Å².